The van der Waals surface area contributed by atoms with Crippen LogP contribution < -0.4 is 10.5 Å². The van der Waals surface area contributed by atoms with Gasteiger partial charge in [-0.1, -0.05) is 12.1 Å². The van der Waals surface area contributed by atoms with Crippen molar-refractivity contribution >= 4 is 16.6 Å². The average Bonchev–Trinajstić information content (AvgIpc) is 2.47. The van der Waals surface area contributed by atoms with Crippen LogP contribution in [0.5, 0.6) is 5.75 Å². The maximum atomic E-state index is 5.99. The fraction of sp³-hybridized carbons (Fsp3) is 0.400. The molecule has 0 radical (unpaired) electrons. The first-order valence-corrected chi connectivity index (χ1v) is 6.68. The summed E-state index contributed by atoms with van der Waals surface area (Å²) in [6.45, 7) is 2.36. The second-order valence-electron chi connectivity index (χ2n) is 4.93. The van der Waals surface area contributed by atoms with Crippen LogP contribution in [0.2, 0.25) is 0 Å². The third kappa shape index (κ3) is 2.63. The molecule has 1 saturated heterocycles. The fourth-order valence-electron chi connectivity index (χ4n) is 2.41. The van der Waals surface area contributed by atoms with Crippen LogP contribution in [0.25, 0.3) is 10.9 Å². The van der Waals surface area contributed by atoms with Crippen LogP contribution in [0, 0.1) is 5.92 Å². The van der Waals surface area contributed by atoms with Crippen molar-refractivity contribution in [2.45, 2.75) is 12.8 Å². The molecule has 4 heteroatoms. The van der Waals surface area contributed by atoms with Gasteiger partial charge in [0.05, 0.1) is 24.0 Å². The van der Waals surface area contributed by atoms with Crippen LogP contribution in [0.1, 0.15) is 12.8 Å². The average molecular weight is 258 g/mol. The molecule has 0 amide bonds. The number of ether oxygens (including phenoxy) is 2. The van der Waals surface area contributed by atoms with Crippen molar-refractivity contribution in [1.29, 1.82) is 0 Å². The number of para-hydroxylation sites is 1. The topological polar surface area (TPSA) is 57.4 Å². The number of hydrogen-bond acceptors (Lipinski definition) is 4. The van der Waals surface area contributed by atoms with E-state index in [1.54, 1.807) is 6.20 Å². The number of nitrogen functional groups attached to an aromatic ring is 1. The second-order valence-corrected chi connectivity index (χ2v) is 4.93. The number of rotatable bonds is 3. The van der Waals surface area contributed by atoms with Crippen LogP contribution >= 0.6 is 0 Å². The Hall–Kier alpha value is -1.81. The Balaban J connectivity index is 1.81. The predicted octanol–water partition coefficient (Wildman–Crippen LogP) is 2.62. The number of pyridine rings is 1. The molecule has 0 atom stereocenters. The molecule has 0 saturated carbocycles. The Morgan fingerprint density at radius 1 is 1.26 bits per heavy atom. The Morgan fingerprint density at radius 2 is 2.05 bits per heavy atom. The maximum Gasteiger partial charge on any atom is 0.153 e. The molecule has 0 unspecified atom stereocenters. The SMILES string of the molecule is Nc1cnc2ccccc2c1OCC1CCOCC1. The third-order valence-corrected chi connectivity index (χ3v) is 3.56. The van der Waals surface area contributed by atoms with Crippen LogP contribution in [0.15, 0.2) is 30.5 Å². The molecular weight excluding hydrogens is 240 g/mol. The highest BCUT2D eigenvalue weighted by Gasteiger charge is 2.16. The molecule has 4 nitrogen and oxygen atoms in total. The molecule has 1 aliphatic heterocycles. The highest BCUT2D eigenvalue weighted by Crippen LogP contribution is 2.31. The lowest BCUT2D eigenvalue weighted by Gasteiger charge is -2.22. The van der Waals surface area contributed by atoms with E-state index >= 15 is 0 Å². The van der Waals surface area contributed by atoms with Gasteiger partial charge in [-0.05, 0) is 30.9 Å². The Bertz CT molecular complexity index is 565. The first-order valence-electron chi connectivity index (χ1n) is 6.68. The summed E-state index contributed by atoms with van der Waals surface area (Å²) in [4.78, 5) is 4.31. The van der Waals surface area contributed by atoms with E-state index in [4.69, 9.17) is 15.2 Å². The van der Waals surface area contributed by atoms with Crippen LogP contribution in [-0.4, -0.2) is 24.8 Å². The number of fused-ring (bicyclic) bond motifs is 1. The largest absolute Gasteiger partial charge is 0.490 e. The molecule has 0 spiro atoms. The van der Waals surface area contributed by atoms with Crippen LogP contribution in [0.4, 0.5) is 5.69 Å². The van der Waals surface area contributed by atoms with Crippen molar-refractivity contribution < 1.29 is 9.47 Å². The van der Waals surface area contributed by atoms with Gasteiger partial charge in [0.1, 0.15) is 0 Å². The molecule has 2 aromatic rings. The molecule has 1 fully saturated rings. The smallest absolute Gasteiger partial charge is 0.153 e. The summed E-state index contributed by atoms with van der Waals surface area (Å²) >= 11 is 0. The fourth-order valence-corrected chi connectivity index (χ4v) is 2.41. The summed E-state index contributed by atoms with van der Waals surface area (Å²) < 4.78 is 11.3. The quantitative estimate of drug-likeness (QED) is 0.919. The zero-order chi connectivity index (χ0) is 13.1. The van der Waals surface area contributed by atoms with E-state index in [-0.39, 0.29) is 0 Å². The zero-order valence-corrected chi connectivity index (χ0v) is 10.8. The van der Waals surface area contributed by atoms with E-state index in [1.165, 1.54) is 0 Å². The number of aromatic nitrogens is 1. The van der Waals surface area contributed by atoms with Crippen molar-refractivity contribution in [3.63, 3.8) is 0 Å². The van der Waals surface area contributed by atoms with E-state index in [0.29, 0.717) is 18.2 Å². The van der Waals surface area contributed by atoms with Gasteiger partial charge in [0.25, 0.3) is 0 Å². The van der Waals surface area contributed by atoms with Gasteiger partial charge in [-0.2, -0.15) is 0 Å². The molecular formula is C15H18N2O2. The second kappa shape index (κ2) is 5.45. The van der Waals surface area contributed by atoms with Crippen molar-refractivity contribution in [1.82, 2.24) is 4.98 Å². The lowest BCUT2D eigenvalue weighted by molar-refractivity contribution is 0.0501. The lowest BCUT2D eigenvalue weighted by Crippen LogP contribution is -2.21. The van der Waals surface area contributed by atoms with E-state index in [1.807, 2.05) is 24.3 Å². The molecule has 0 bridgehead atoms. The highest BCUT2D eigenvalue weighted by atomic mass is 16.5. The summed E-state index contributed by atoms with van der Waals surface area (Å²) in [5, 5.41) is 0.981. The van der Waals surface area contributed by atoms with Gasteiger partial charge in [-0.25, -0.2) is 0 Å². The highest BCUT2D eigenvalue weighted by molar-refractivity contribution is 5.89. The number of anilines is 1. The number of hydrogen-bond donors (Lipinski definition) is 1. The van der Waals surface area contributed by atoms with Gasteiger partial charge in [-0.15, -0.1) is 0 Å². The maximum absolute atomic E-state index is 5.99. The minimum Gasteiger partial charge on any atom is -0.490 e. The molecule has 2 N–H and O–H groups in total. The monoisotopic (exact) mass is 258 g/mol. The first kappa shape index (κ1) is 12.2. The van der Waals surface area contributed by atoms with Crippen molar-refractivity contribution in [3.05, 3.63) is 30.5 Å². The number of nitrogens with two attached hydrogens (primary N) is 1. The molecule has 3 rings (SSSR count). The molecule has 19 heavy (non-hydrogen) atoms. The molecule has 0 aliphatic carbocycles. The Morgan fingerprint density at radius 3 is 2.89 bits per heavy atom. The summed E-state index contributed by atoms with van der Waals surface area (Å²) in [5.41, 5.74) is 7.51. The normalized spacial score (nSPS) is 16.6. The van der Waals surface area contributed by atoms with Crippen molar-refractivity contribution in [3.8, 4) is 5.75 Å². The van der Waals surface area contributed by atoms with E-state index < -0.39 is 0 Å². The molecule has 1 aromatic heterocycles. The van der Waals surface area contributed by atoms with Crippen molar-refractivity contribution in [2.75, 3.05) is 25.6 Å². The van der Waals surface area contributed by atoms with E-state index in [0.717, 1.165) is 42.7 Å². The van der Waals surface area contributed by atoms with Crippen LogP contribution in [-0.2, 0) is 4.74 Å². The molecule has 100 valence electrons. The minimum atomic E-state index is 0.556. The van der Waals surface area contributed by atoms with E-state index in [2.05, 4.69) is 4.98 Å². The minimum absolute atomic E-state index is 0.556. The van der Waals surface area contributed by atoms with Crippen LogP contribution in [0.3, 0.4) is 0 Å². The first-order chi connectivity index (χ1) is 9.34. The predicted molar refractivity (Wildman–Crippen MR) is 75.2 cm³/mol. The molecule has 1 aromatic carbocycles. The van der Waals surface area contributed by atoms with Crippen molar-refractivity contribution in [2.24, 2.45) is 5.92 Å². The lowest BCUT2D eigenvalue weighted by atomic mass is 10.0. The van der Waals surface area contributed by atoms with Gasteiger partial charge < -0.3 is 15.2 Å². The van der Waals surface area contributed by atoms with Gasteiger partial charge in [0, 0.05) is 18.6 Å². The molecule has 2 heterocycles. The zero-order valence-electron chi connectivity index (χ0n) is 10.8. The summed E-state index contributed by atoms with van der Waals surface area (Å²) in [6.07, 6.45) is 3.79. The van der Waals surface area contributed by atoms with Gasteiger partial charge in [0.15, 0.2) is 5.75 Å². The number of nitrogens with zero attached hydrogens (tertiary/aromatic N) is 1. The Kier molecular flexibility index (Phi) is 3.51. The van der Waals surface area contributed by atoms with E-state index in [9.17, 15) is 0 Å². The molecule has 1 aliphatic rings. The number of benzene rings is 1. The third-order valence-electron chi connectivity index (χ3n) is 3.56. The summed E-state index contributed by atoms with van der Waals surface area (Å²) in [7, 11) is 0. The Labute approximate surface area is 112 Å². The standard InChI is InChI=1S/C15H18N2O2/c16-13-9-17-14-4-2-1-3-12(14)15(13)19-10-11-5-7-18-8-6-11/h1-4,9,11H,5-8,10,16H2. The van der Waals surface area contributed by atoms with Gasteiger partial charge in [-0.3, -0.25) is 4.98 Å². The van der Waals surface area contributed by atoms with Gasteiger partial charge in [0.2, 0.25) is 0 Å². The van der Waals surface area contributed by atoms with Gasteiger partial charge >= 0.3 is 0 Å². The summed E-state index contributed by atoms with van der Waals surface area (Å²) in [6, 6.07) is 7.91. The summed E-state index contributed by atoms with van der Waals surface area (Å²) in [5.74, 6) is 1.32.